The fourth-order valence-electron chi connectivity index (χ4n) is 9.35. The highest BCUT2D eigenvalue weighted by molar-refractivity contribution is 5.81. The minimum Gasteiger partial charge on any atom is -0.297 e. The highest BCUT2D eigenvalue weighted by atomic mass is 15.3. The topological polar surface area (TPSA) is 111 Å². The summed E-state index contributed by atoms with van der Waals surface area (Å²) in [6.07, 6.45) is 9.12. The van der Waals surface area contributed by atoms with E-state index in [1.54, 1.807) is 0 Å². The summed E-state index contributed by atoms with van der Waals surface area (Å²) in [5.41, 5.74) is 9.90. The maximum atomic E-state index is 4.74. The Bertz CT molecular complexity index is 1850. The van der Waals surface area contributed by atoms with Gasteiger partial charge in [0, 0.05) is 103 Å². The lowest BCUT2D eigenvalue weighted by Crippen LogP contribution is -2.30. The Labute approximate surface area is 355 Å². The molecule has 0 aliphatic carbocycles. The lowest BCUT2D eigenvalue weighted by molar-refractivity contribution is 0.252. The predicted octanol–water partition coefficient (Wildman–Crippen LogP) is 4.09. The number of hydrogen-bond donors (Lipinski definition) is 4. The Kier molecular flexibility index (Phi) is 13.7. The van der Waals surface area contributed by atoms with Crippen LogP contribution in [0.2, 0.25) is 0 Å². The molecule has 6 aliphatic heterocycles. The van der Waals surface area contributed by atoms with Gasteiger partial charge in [-0.2, -0.15) is 0 Å². The second kappa shape index (κ2) is 20.2. The van der Waals surface area contributed by atoms with Crippen molar-refractivity contribution in [3.8, 4) is 0 Å². The molecule has 4 fully saturated rings. The molecule has 312 valence electrons. The predicted molar refractivity (Wildman–Crippen MR) is 245 cm³/mol. The van der Waals surface area contributed by atoms with E-state index in [1.807, 2.05) is 24.9 Å². The van der Waals surface area contributed by atoms with Gasteiger partial charge in [0.05, 0.1) is 50.8 Å². The summed E-state index contributed by atoms with van der Waals surface area (Å²) in [5, 5.41) is 14.5. The van der Waals surface area contributed by atoms with E-state index in [0.29, 0.717) is 0 Å². The van der Waals surface area contributed by atoms with Gasteiger partial charge in [0.1, 0.15) is 0 Å². The number of hydrogen-bond acceptors (Lipinski definition) is 12. The van der Waals surface area contributed by atoms with E-state index in [-0.39, 0.29) is 24.7 Å². The number of benzene rings is 4. The molecule has 0 unspecified atom stereocenters. The molecule has 6 aliphatic rings. The molecule has 4 N–H and O–H groups in total. The monoisotopic (exact) mass is 805 g/mol. The molecule has 12 heteroatoms. The third-order valence-corrected chi connectivity index (χ3v) is 12.3. The minimum atomic E-state index is 0.257. The van der Waals surface area contributed by atoms with Crippen molar-refractivity contribution in [2.24, 2.45) is 20.0 Å². The molecule has 0 radical (unpaired) electrons. The first-order valence-corrected chi connectivity index (χ1v) is 22.0. The fraction of sp³-hybridized carbons (Fsp3) is 0.417. The van der Waals surface area contributed by atoms with Crippen molar-refractivity contribution in [3.05, 3.63) is 142 Å². The summed E-state index contributed by atoms with van der Waals surface area (Å²) >= 11 is 0. The van der Waals surface area contributed by atoms with Crippen LogP contribution in [0, 0.1) is 0 Å². The summed E-state index contributed by atoms with van der Waals surface area (Å²) < 4.78 is 0. The zero-order chi connectivity index (χ0) is 40.4. The Morgan fingerprint density at radius 2 is 0.583 bits per heavy atom. The molecule has 0 aromatic heterocycles. The molecule has 12 nitrogen and oxygen atoms in total. The SMILES string of the molecule is C1=NCCN2CCN[C@@H]2c2cccc(c2)C=NCCN2CCN[C@H]2c2cccc1c2.C1=NCCN2CCN[C@@H]2c2cccc(c2)C=NCCN2CCN[C@H]2c2cccc1c2. The molecule has 0 saturated carbocycles. The minimum absolute atomic E-state index is 0.257. The fourth-order valence-corrected chi connectivity index (χ4v) is 9.35. The van der Waals surface area contributed by atoms with E-state index in [4.69, 9.17) is 20.0 Å². The molecule has 4 atom stereocenters. The van der Waals surface area contributed by atoms with Crippen molar-refractivity contribution in [3.63, 3.8) is 0 Å². The van der Waals surface area contributed by atoms with Crippen LogP contribution in [0.25, 0.3) is 0 Å². The Morgan fingerprint density at radius 1 is 0.333 bits per heavy atom. The first kappa shape index (κ1) is 40.6. The number of nitrogens with zero attached hydrogens (tertiary/aromatic N) is 8. The molecule has 0 amide bonds. The van der Waals surface area contributed by atoms with Crippen LogP contribution in [0.4, 0.5) is 0 Å². The van der Waals surface area contributed by atoms with Crippen LogP contribution in [0.15, 0.2) is 117 Å². The highest BCUT2D eigenvalue weighted by Gasteiger charge is 2.28. The zero-order valence-corrected chi connectivity index (χ0v) is 34.7. The van der Waals surface area contributed by atoms with Crippen molar-refractivity contribution < 1.29 is 0 Å². The molecular weight excluding hydrogens is 745 g/mol. The number of rotatable bonds is 0. The highest BCUT2D eigenvalue weighted by Crippen LogP contribution is 2.26. The molecule has 0 spiro atoms. The second-order valence-electron chi connectivity index (χ2n) is 16.4. The summed E-state index contributed by atoms with van der Waals surface area (Å²) in [6, 6.07) is 35.0. The van der Waals surface area contributed by atoms with Gasteiger partial charge in [0.15, 0.2) is 0 Å². The first-order chi connectivity index (χ1) is 29.7. The van der Waals surface area contributed by atoms with Crippen molar-refractivity contribution >= 4 is 24.9 Å². The van der Waals surface area contributed by atoms with Crippen LogP contribution in [0.1, 0.15) is 69.2 Å². The lowest BCUT2D eigenvalue weighted by atomic mass is 10.1. The van der Waals surface area contributed by atoms with E-state index in [0.717, 1.165) is 105 Å². The third-order valence-electron chi connectivity index (χ3n) is 12.3. The van der Waals surface area contributed by atoms with Gasteiger partial charge in [0.2, 0.25) is 0 Å². The molecule has 6 heterocycles. The third kappa shape index (κ3) is 10.2. The van der Waals surface area contributed by atoms with Gasteiger partial charge in [-0.3, -0.25) is 60.8 Å². The summed E-state index contributed by atoms with van der Waals surface area (Å²) in [7, 11) is 0. The van der Waals surface area contributed by atoms with Crippen LogP contribution in [-0.2, 0) is 0 Å². The first-order valence-electron chi connectivity index (χ1n) is 22.0. The van der Waals surface area contributed by atoms with Crippen LogP contribution >= 0.6 is 0 Å². The molecule has 4 aromatic rings. The maximum Gasteiger partial charge on any atom is 0.0862 e. The van der Waals surface area contributed by atoms with Gasteiger partial charge < -0.3 is 0 Å². The van der Waals surface area contributed by atoms with Crippen LogP contribution < -0.4 is 21.3 Å². The van der Waals surface area contributed by atoms with Crippen molar-refractivity contribution in [2.75, 3.05) is 105 Å². The van der Waals surface area contributed by atoms with Gasteiger partial charge in [-0.05, 0) is 68.8 Å². The standard InChI is InChI=1S/2C24H30N6/c2*1-3-19-15-21(5-1)23-27-9-13-29(23)11-8-26-18-20-4-2-6-22(16-20)24-28-10-14-30(24)12-7-25-17-19/h2*1-6,15-18,23-24,27-28H,7-14H2/t2*23-,24+. The smallest absolute Gasteiger partial charge is 0.0862 e. The average molecular weight is 805 g/mol. The molecule has 8 bridgehead atoms. The van der Waals surface area contributed by atoms with Crippen molar-refractivity contribution in [1.29, 1.82) is 0 Å². The largest absolute Gasteiger partial charge is 0.297 e. The lowest BCUT2D eigenvalue weighted by Gasteiger charge is -2.24. The Morgan fingerprint density at radius 3 is 0.833 bits per heavy atom. The van der Waals surface area contributed by atoms with E-state index in [1.165, 1.54) is 44.5 Å². The Hall–Kier alpha value is -4.76. The van der Waals surface area contributed by atoms with E-state index in [9.17, 15) is 0 Å². The normalized spacial score (nSPS) is 25.5. The van der Waals surface area contributed by atoms with Gasteiger partial charge in [-0.15, -0.1) is 0 Å². The molecule has 4 aromatic carbocycles. The van der Waals surface area contributed by atoms with Crippen LogP contribution in [0.3, 0.4) is 0 Å². The Balaban J connectivity index is 0.000000154. The number of aliphatic imine (C=N–C) groups is 4. The molecular formula is C48H60N12. The number of fused-ring (bicyclic) bond motifs is 16. The van der Waals surface area contributed by atoms with Gasteiger partial charge in [0.25, 0.3) is 0 Å². The quantitative estimate of drug-likeness (QED) is 0.211. The van der Waals surface area contributed by atoms with Gasteiger partial charge in [-0.25, -0.2) is 0 Å². The summed E-state index contributed by atoms with van der Waals surface area (Å²) in [6.45, 7) is 15.3. The molecule has 4 saturated heterocycles. The van der Waals surface area contributed by atoms with E-state index < -0.39 is 0 Å². The average Bonchev–Trinajstić information content (AvgIpc) is 4.13. The van der Waals surface area contributed by atoms with Gasteiger partial charge in [-0.1, -0.05) is 72.8 Å². The number of nitrogens with one attached hydrogen (secondary N) is 4. The van der Waals surface area contributed by atoms with Gasteiger partial charge >= 0.3 is 0 Å². The zero-order valence-electron chi connectivity index (χ0n) is 34.7. The van der Waals surface area contributed by atoms with E-state index >= 15 is 0 Å². The van der Waals surface area contributed by atoms with Crippen molar-refractivity contribution in [1.82, 2.24) is 40.9 Å². The summed E-state index contributed by atoms with van der Waals surface area (Å²) in [5.74, 6) is 0. The molecule has 60 heavy (non-hydrogen) atoms. The molecule has 10 rings (SSSR count). The maximum absolute atomic E-state index is 4.74. The second-order valence-corrected chi connectivity index (χ2v) is 16.4. The summed E-state index contributed by atoms with van der Waals surface area (Å²) in [4.78, 5) is 28.9. The van der Waals surface area contributed by atoms with E-state index in [2.05, 4.69) is 138 Å². The van der Waals surface area contributed by atoms with Crippen LogP contribution in [0.5, 0.6) is 0 Å². The van der Waals surface area contributed by atoms with Crippen molar-refractivity contribution in [2.45, 2.75) is 24.7 Å². The van der Waals surface area contributed by atoms with Crippen LogP contribution in [-0.4, -0.2) is 149 Å².